The van der Waals surface area contributed by atoms with Crippen LogP contribution in [0.15, 0.2) is 0 Å². The zero-order valence-corrected chi connectivity index (χ0v) is 12.4. The van der Waals surface area contributed by atoms with Crippen LogP contribution in [0.25, 0.3) is 0 Å². The molecule has 0 unspecified atom stereocenters. The van der Waals surface area contributed by atoms with E-state index in [2.05, 4.69) is 26.1 Å². The normalized spacial score (nSPS) is 32.3. The van der Waals surface area contributed by atoms with Gasteiger partial charge >= 0.3 is 0 Å². The monoisotopic (exact) mass is 269 g/mol. The molecule has 0 aromatic heterocycles. The molecule has 2 saturated heterocycles. The van der Waals surface area contributed by atoms with Gasteiger partial charge in [-0.3, -0.25) is 4.79 Å². The zero-order valence-electron chi connectivity index (χ0n) is 12.4. The van der Waals surface area contributed by atoms with E-state index >= 15 is 0 Å². The van der Waals surface area contributed by atoms with Crippen molar-refractivity contribution >= 4 is 5.91 Å². The molecule has 0 aromatic carbocycles. The van der Waals surface area contributed by atoms with Crippen LogP contribution in [0.4, 0.5) is 0 Å². The first-order valence-electron chi connectivity index (χ1n) is 7.49. The van der Waals surface area contributed by atoms with Crippen molar-refractivity contribution < 1.29 is 14.3 Å². The van der Waals surface area contributed by atoms with Crippen molar-refractivity contribution in [3.05, 3.63) is 0 Å². The van der Waals surface area contributed by atoms with Gasteiger partial charge in [0, 0.05) is 25.7 Å². The van der Waals surface area contributed by atoms with E-state index in [9.17, 15) is 4.79 Å². The predicted molar refractivity (Wildman–Crippen MR) is 73.9 cm³/mol. The second kappa shape index (κ2) is 6.23. The molecular formula is C15H27NO3. The Bertz CT molecular complexity index is 305. The first-order chi connectivity index (χ1) is 8.98. The first-order valence-corrected chi connectivity index (χ1v) is 7.49. The van der Waals surface area contributed by atoms with E-state index in [4.69, 9.17) is 9.47 Å². The Morgan fingerprint density at radius 1 is 1.16 bits per heavy atom. The van der Waals surface area contributed by atoms with E-state index in [0.29, 0.717) is 12.5 Å². The largest absolute Gasteiger partial charge is 0.377 e. The average molecular weight is 269 g/mol. The Morgan fingerprint density at radius 3 is 2.58 bits per heavy atom. The van der Waals surface area contributed by atoms with Gasteiger partial charge in [-0.05, 0) is 31.1 Å². The predicted octanol–water partition coefficient (Wildman–Crippen LogP) is 2.12. The number of carbonyl (C=O) groups excluding carboxylic acids is 1. The highest BCUT2D eigenvalue weighted by atomic mass is 16.5. The summed E-state index contributed by atoms with van der Waals surface area (Å²) < 4.78 is 11.3. The smallest absolute Gasteiger partial charge is 0.249 e. The lowest BCUT2D eigenvalue weighted by molar-refractivity contribution is -0.135. The Morgan fingerprint density at radius 2 is 1.95 bits per heavy atom. The van der Waals surface area contributed by atoms with Crippen molar-refractivity contribution in [1.82, 2.24) is 5.32 Å². The van der Waals surface area contributed by atoms with Crippen LogP contribution in [0.5, 0.6) is 0 Å². The second-order valence-electron chi connectivity index (χ2n) is 6.81. The molecule has 2 fully saturated rings. The molecule has 3 atom stereocenters. The maximum atomic E-state index is 12.0. The van der Waals surface area contributed by atoms with E-state index < -0.39 is 0 Å². The average Bonchev–Trinajstić information content (AvgIpc) is 2.85. The Balaban J connectivity index is 1.79. The Labute approximate surface area is 116 Å². The lowest BCUT2D eigenvalue weighted by Crippen LogP contribution is -2.43. The van der Waals surface area contributed by atoms with E-state index in [1.807, 2.05) is 0 Å². The molecule has 0 bridgehead atoms. The van der Waals surface area contributed by atoms with Crippen LogP contribution in [-0.2, 0) is 14.3 Å². The number of amides is 1. The number of rotatable bonds is 3. The SMILES string of the molecule is CC(C)(C)[C@H]1OCC[C@@H]1CNC(=O)[C@@H]1CCCCO1. The molecule has 0 aliphatic carbocycles. The molecular weight excluding hydrogens is 242 g/mol. The topological polar surface area (TPSA) is 47.6 Å². The first kappa shape index (κ1) is 14.8. The van der Waals surface area contributed by atoms with Crippen molar-refractivity contribution in [1.29, 1.82) is 0 Å². The van der Waals surface area contributed by atoms with E-state index in [1.165, 1.54) is 0 Å². The van der Waals surface area contributed by atoms with Gasteiger partial charge in [-0.2, -0.15) is 0 Å². The third-order valence-corrected chi connectivity index (χ3v) is 4.08. The molecule has 0 saturated carbocycles. The van der Waals surface area contributed by atoms with Crippen LogP contribution in [-0.4, -0.2) is 37.9 Å². The molecule has 1 N–H and O–H groups in total. The van der Waals surface area contributed by atoms with Crippen LogP contribution in [0.1, 0.15) is 46.5 Å². The summed E-state index contributed by atoms with van der Waals surface area (Å²) in [6, 6.07) is 0. The van der Waals surface area contributed by atoms with Crippen LogP contribution in [0, 0.1) is 11.3 Å². The summed E-state index contributed by atoms with van der Waals surface area (Å²) in [5.41, 5.74) is 0.132. The summed E-state index contributed by atoms with van der Waals surface area (Å²) in [5, 5.41) is 3.05. The van der Waals surface area contributed by atoms with E-state index in [0.717, 1.165) is 38.9 Å². The summed E-state index contributed by atoms with van der Waals surface area (Å²) in [6.07, 6.45) is 4.06. The molecule has 2 aliphatic heterocycles. The Kier molecular flexibility index (Phi) is 4.85. The highest BCUT2D eigenvalue weighted by molar-refractivity contribution is 5.80. The van der Waals surface area contributed by atoms with Gasteiger partial charge in [-0.15, -0.1) is 0 Å². The van der Waals surface area contributed by atoms with Crippen molar-refractivity contribution in [3.8, 4) is 0 Å². The van der Waals surface area contributed by atoms with Gasteiger partial charge in [0.1, 0.15) is 6.10 Å². The molecule has 2 aliphatic rings. The van der Waals surface area contributed by atoms with Gasteiger partial charge in [0.25, 0.3) is 0 Å². The lowest BCUT2D eigenvalue weighted by atomic mass is 9.81. The fourth-order valence-electron chi connectivity index (χ4n) is 3.09. The molecule has 0 spiro atoms. The van der Waals surface area contributed by atoms with E-state index in [-0.39, 0.29) is 23.5 Å². The summed E-state index contributed by atoms with van der Waals surface area (Å²) >= 11 is 0. The minimum Gasteiger partial charge on any atom is -0.377 e. The number of hydrogen-bond acceptors (Lipinski definition) is 3. The van der Waals surface area contributed by atoms with Gasteiger partial charge in [0.15, 0.2) is 0 Å². The zero-order chi connectivity index (χ0) is 13.9. The number of ether oxygens (including phenoxy) is 2. The summed E-state index contributed by atoms with van der Waals surface area (Å²) in [4.78, 5) is 12.0. The maximum Gasteiger partial charge on any atom is 0.249 e. The molecule has 110 valence electrons. The number of nitrogens with one attached hydrogen (secondary N) is 1. The highest BCUT2D eigenvalue weighted by Crippen LogP contribution is 2.34. The van der Waals surface area contributed by atoms with E-state index in [1.54, 1.807) is 0 Å². The van der Waals surface area contributed by atoms with Crippen molar-refractivity contribution in [2.24, 2.45) is 11.3 Å². The van der Waals surface area contributed by atoms with Gasteiger partial charge in [-0.1, -0.05) is 20.8 Å². The molecule has 0 radical (unpaired) electrons. The molecule has 19 heavy (non-hydrogen) atoms. The molecule has 1 amide bonds. The molecule has 2 heterocycles. The van der Waals surface area contributed by atoms with Gasteiger partial charge in [-0.25, -0.2) is 0 Å². The minimum absolute atomic E-state index is 0.0549. The Hall–Kier alpha value is -0.610. The van der Waals surface area contributed by atoms with Crippen LogP contribution < -0.4 is 5.32 Å². The summed E-state index contributed by atoms with van der Waals surface area (Å²) in [5.74, 6) is 0.479. The summed E-state index contributed by atoms with van der Waals surface area (Å²) in [6.45, 7) is 8.82. The third-order valence-electron chi connectivity index (χ3n) is 4.08. The standard InChI is InChI=1S/C15H27NO3/c1-15(2,3)13-11(7-9-19-13)10-16-14(17)12-6-4-5-8-18-12/h11-13H,4-10H2,1-3H3,(H,16,17)/t11-,12+,13+/m1/s1. The van der Waals surface area contributed by atoms with Crippen LogP contribution in [0.2, 0.25) is 0 Å². The van der Waals surface area contributed by atoms with Crippen molar-refractivity contribution in [2.75, 3.05) is 19.8 Å². The minimum atomic E-state index is -0.232. The third kappa shape index (κ3) is 3.93. The highest BCUT2D eigenvalue weighted by Gasteiger charge is 2.37. The number of carbonyl (C=O) groups is 1. The van der Waals surface area contributed by atoms with Gasteiger partial charge < -0.3 is 14.8 Å². The van der Waals surface area contributed by atoms with Crippen LogP contribution in [0.3, 0.4) is 0 Å². The molecule has 4 nitrogen and oxygen atoms in total. The fourth-order valence-corrected chi connectivity index (χ4v) is 3.09. The van der Waals surface area contributed by atoms with Gasteiger partial charge in [0.2, 0.25) is 5.91 Å². The van der Waals surface area contributed by atoms with Crippen molar-refractivity contribution in [3.63, 3.8) is 0 Å². The van der Waals surface area contributed by atoms with Crippen molar-refractivity contribution in [2.45, 2.75) is 58.7 Å². The summed E-state index contributed by atoms with van der Waals surface area (Å²) in [7, 11) is 0. The molecule has 2 rings (SSSR count). The lowest BCUT2D eigenvalue weighted by Gasteiger charge is -2.31. The second-order valence-corrected chi connectivity index (χ2v) is 6.81. The molecule has 0 aromatic rings. The molecule has 4 heteroatoms. The quantitative estimate of drug-likeness (QED) is 0.853. The maximum absolute atomic E-state index is 12.0. The van der Waals surface area contributed by atoms with Crippen LogP contribution >= 0.6 is 0 Å². The number of hydrogen-bond donors (Lipinski definition) is 1. The fraction of sp³-hybridized carbons (Fsp3) is 0.933. The van der Waals surface area contributed by atoms with Gasteiger partial charge in [0.05, 0.1) is 6.10 Å².